The molecule has 3 heterocycles. The Morgan fingerprint density at radius 1 is 1.21 bits per heavy atom. The molecule has 1 N–H and O–H groups in total. The first-order chi connectivity index (χ1) is 11.5. The SMILES string of the molecule is COCc1nc(C)cc(Nc2cnn(-c3ncc(Cl)cc3Cl)c2)n1. The van der Waals surface area contributed by atoms with E-state index in [1.165, 1.54) is 6.20 Å². The van der Waals surface area contributed by atoms with Crippen LogP contribution in [0.3, 0.4) is 0 Å². The van der Waals surface area contributed by atoms with E-state index in [1.807, 2.05) is 13.0 Å². The third-order valence-corrected chi connectivity index (χ3v) is 3.52. The molecule has 0 radical (unpaired) electrons. The smallest absolute Gasteiger partial charge is 0.172 e. The summed E-state index contributed by atoms with van der Waals surface area (Å²) in [5, 5.41) is 8.31. The lowest BCUT2D eigenvalue weighted by molar-refractivity contribution is 0.177. The molecule has 3 rings (SSSR count). The van der Waals surface area contributed by atoms with Gasteiger partial charge in [0.05, 0.1) is 28.1 Å². The number of pyridine rings is 1. The second-order valence-corrected chi connectivity index (χ2v) is 5.84. The molecule has 24 heavy (non-hydrogen) atoms. The van der Waals surface area contributed by atoms with Gasteiger partial charge in [-0.15, -0.1) is 0 Å². The highest BCUT2D eigenvalue weighted by Crippen LogP contribution is 2.23. The molecule has 0 aromatic carbocycles. The van der Waals surface area contributed by atoms with Crippen LogP contribution in [-0.2, 0) is 11.3 Å². The number of hydrogen-bond donors (Lipinski definition) is 1. The first-order valence-electron chi connectivity index (χ1n) is 7.02. The Labute approximate surface area is 148 Å². The number of halogens is 2. The van der Waals surface area contributed by atoms with Gasteiger partial charge in [-0.2, -0.15) is 5.10 Å². The summed E-state index contributed by atoms with van der Waals surface area (Å²) in [6, 6.07) is 3.45. The summed E-state index contributed by atoms with van der Waals surface area (Å²) < 4.78 is 6.63. The maximum atomic E-state index is 6.15. The van der Waals surface area contributed by atoms with E-state index in [2.05, 4.69) is 25.4 Å². The number of ether oxygens (including phenoxy) is 1. The van der Waals surface area contributed by atoms with E-state index in [0.717, 1.165) is 11.4 Å². The average molecular weight is 365 g/mol. The number of nitrogens with one attached hydrogen (secondary N) is 1. The Bertz CT molecular complexity index is 867. The van der Waals surface area contributed by atoms with Crippen molar-refractivity contribution in [3.8, 4) is 5.82 Å². The summed E-state index contributed by atoms with van der Waals surface area (Å²) in [7, 11) is 1.60. The topological polar surface area (TPSA) is 77.8 Å². The minimum absolute atomic E-state index is 0.347. The third-order valence-electron chi connectivity index (χ3n) is 3.03. The Morgan fingerprint density at radius 3 is 2.79 bits per heavy atom. The molecule has 0 aliphatic carbocycles. The van der Waals surface area contributed by atoms with Gasteiger partial charge in [-0.1, -0.05) is 23.2 Å². The van der Waals surface area contributed by atoms with Crippen LogP contribution in [0, 0.1) is 6.92 Å². The largest absolute Gasteiger partial charge is 0.377 e. The molecule has 0 atom stereocenters. The number of nitrogens with zero attached hydrogens (tertiary/aromatic N) is 5. The van der Waals surface area contributed by atoms with E-state index >= 15 is 0 Å². The molecule has 0 saturated heterocycles. The van der Waals surface area contributed by atoms with Crippen LogP contribution in [0.25, 0.3) is 5.82 Å². The molecule has 0 fully saturated rings. The van der Waals surface area contributed by atoms with E-state index < -0.39 is 0 Å². The van der Waals surface area contributed by atoms with Crippen molar-refractivity contribution in [2.75, 3.05) is 12.4 Å². The van der Waals surface area contributed by atoms with Gasteiger partial charge in [0, 0.05) is 25.1 Å². The Morgan fingerprint density at radius 2 is 2.04 bits per heavy atom. The van der Waals surface area contributed by atoms with Crippen LogP contribution >= 0.6 is 23.2 Å². The fraction of sp³-hybridized carbons (Fsp3) is 0.200. The fourth-order valence-electron chi connectivity index (χ4n) is 2.11. The van der Waals surface area contributed by atoms with Crippen LogP contribution in [0.2, 0.25) is 10.0 Å². The summed E-state index contributed by atoms with van der Waals surface area (Å²) in [5.41, 5.74) is 1.58. The summed E-state index contributed by atoms with van der Waals surface area (Å²) in [6.45, 7) is 2.24. The van der Waals surface area contributed by atoms with Gasteiger partial charge in [0.1, 0.15) is 12.4 Å². The Kier molecular flexibility index (Phi) is 4.94. The first kappa shape index (κ1) is 16.6. The first-order valence-corrected chi connectivity index (χ1v) is 7.77. The van der Waals surface area contributed by atoms with Crippen molar-refractivity contribution in [2.24, 2.45) is 0 Å². The molecule has 9 heteroatoms. The van der Waals surface area contributed by atoms with E-state index in [-0.39, 0.29) is 0 Å². The van der Waals surface area contributed by atoms with Gasteiger partial charge in [-0.05, 0) is 13.0 Å². The quantitative estimate of drug-likeness (QED) is 0.745. The summed E-state index contributed by atoms with van der Waals surface area (Å²) >= 11 is 12.0. The molecule has 0 aliphatic rings. The highest BCUT2D eigenvalue weighted by molar-refractivity contribution is 6.35. The van der Waals surface area contributed by atoms with Crippen LogP contribution < -0.4 is 5.32 Å². The monoisotopic (exact) mass is 364 g/mol. The second-order valence-electron chi connectivity index (χ2n) is 5.00. The normalized spacial score (nSPS) is 10.8. The zero-order valence-electron chi connectivity index (χ0n) is 13.0. The number of aromatic nitrogens is 5. The third kappa shape index (κ3) is 3.81. The predicted octanol–water partition coefficient (Wildman–Crippen LogP) is 3.56. The molecule has 124 valence electrons. The van der Waals surface area contributed by atoms with Crippen molar-refractivity contribution in [1.29, 1.82) is 0 Å². The number of anilines is 2. The van der Waals surface area contributed by atoms with Gasteiger partial charge >= 0.3 is 0 Å². The zero-order valence-corrected chi connectivity index (χ0v) is 14.5. The molecule has 0 unspecified atom stereocenters. The van der Waals surface area contributed by atoms with Crippen LogP contribution in [-0.4, -0.2) is 31.8 Å². The Balaban J connectivity index is 1.84. The van der Waals surface area contributed by atoms with Crippen molar-refractivity contribution in [2.45, 2.75) is 13.5 Å². The van der Waals surface area contributed by atoms with Crippen molar-refractivity contribution in [1.82, 2.24) is 24.7 Å². The minimum atomic E-state index is 0.347. The highest BCUT2D eigenvalue weighted by atomic mass is 35.5. The maximum Gasteiger partial charge on any atom is 0.172 e. The number of rotatable bonds is 5. The van der Waals surface area contributed by atoms with E-state index in [4.69, 9.17) is 27.9 Å². The van der Waals surface area contributed by atoms with Crippen molar-refractivity contribution < 1.29 is 4.74 Å². The van der Waals surface area contributed by atoms with Gasteiger partial charge in [0.15, 0.2) is 11.6 Å². The van der Waals surface area contributed by atoms with Gasteiger partial charge in [-0.3, -0.25) is 0 Å². The second kappa shape index (κ2) is 7.12. The molecule has 0 saturated carbocycles. The van der Waals surface area contributed by atoms with Gasteiger partial charge < -0.3 is 10.1 Å². The molecular formula is C15H14Cl2N6O. The lowest BCUT2D eigenvalue weighted by Gasteiger charge is -2.06. The lowest BCUT2D eigenvalue weighted by Crippen LogP contribution is -2.02. The molecule has 3 aromatic heterocycles. The highest BCUT2D eigenvalue weighted by Gasteiger charge is 2.09. The van der Waals surface area contributed by atoms with Crippen molar-refractivity contribution >= 4 is 34.7 Å². The van der Waals surface area contributed by atoms with E-state index in [9.17, 15) is 0 Å². The van der Waals surface area contributed by atoms with Crippen LogP contribution in [0.4, 0.5) is 11.5 Å². The lowest BCUT2D eigenvalue weighted by atomic mass is 10.4. The maximum absolute atomic E-state index is 6.15. The summed E-state index contributed by atoms with van der Waals surface area (Å²) in [6.07, 6.45) is 4.93. The van der Waals surface area contributed by atoms with E-state index in [1.54, 1.807) is 30.3 Å². The van der Waals surface area contributed by atoms with Gasteiger partial charge in [-0.25, -0.2) is 19.6 Å². The van der Waals surface area contributed by atoms with Crippen molar-refractivity contribution in [3.05, 3.63) is 52.3 Å². The Hall–Kier alpha value is -2.22. The molecule has 0 aliphatic heterocycles. The molecule has 3 aromatic rings. The number of hydrogen-bond acceptors (Lipinski definition) is 6. The molecule has 7 nitrogen and oxygen atoms in total. The predicted molar refractivity (Wildman–Crippen MR) is 92.1 cm³/mol. The number of aryl methyl sites for hydroxylation is 1. The minimum Gasteiger partial charge on any atom is -0.377 e. The summed E-state index contributed by atoms with van der Waals surface area (Å²) in [5.74, 6) is 1.76. The molecule has 0 spiro atoms. The molecular weight excluding hydrogens is 351 g/mol. The number of methoxy groups -OCH3 is 1. The fourth-order valence-corrected chi connectivity index (χ4v) is 2.58. The zero-order chi connectivity index (χ0) is 17.1. The average Bonchev–Trinajstić information content (AvgIpc) is 2.95. The van der Waals surface area contributed by atoms with Crippen molar-refractivity contribution in [3.63, 3.8) is 0 Å². The summed E-state index contributed by atoms with van der Waals surface area (Å²) in [4.78, 5) is 12.9. The van der Waals surface area contributed by atoms with Crippen LogP contribution in [0.1, 0.15) is 11.5 Å². The molecule has 0 bridgehead atoms. The van der Waals surface area contributed by atoms with Crippen LogP contribution in [0.5, 0.6) is 0 Å². The van der Waals surface area contributed by atoms with Crippen LogP contribution in [0.15, 0.2) is 30.7 Å². The van der Waals surface area contributed by atoms with Gasteiger partial charge in [0.2, 0.25) is 0 Å². The molecule has 0 amide bonds. The van der Waals surface area contributed by atoms with E-state index in [0.29, 0.717) is 34.1 Å². The van der Waals surface area contributed by atoms with Gasteiger partial charge in [0.25, 0.3) is 0 Å². The standard InChI is InChI=1S/C15H14Cl2N6O/c1-9-3-13(22-14(20-9)8-24-2)21-11-6-19-23(7-11)15-12(17)4-10(16)5-18-15/h3-7H,8H2,1-2H3,(H,20,21,22).